The SMILES string of the molecule is COC(=O)C1CC(NC(=O)C(C)C)CN(C(=O)OC)C1. The summed E-state index contributed by atoms with van der Waals surface area (Å²) < 4.78 is 9.40. The van der Waals surface area contributed by atoms with Gasteiger partial charge in [0.15, 0.2) is 0 Å². The third kappa shape index (κ3) is 4.11. The van der Waals surface area contributed by atoms with Crippen LogP contribution in [0, 0.1) is 11.8 Å². The highest BCUT2D eigenvalue weighted by atomic mass is 16.5. The third-order valence-corrected chi connectivity index (χ3v) is 3.29. The van der Waals surface area contributed by atoms with Gasteiger partial charge in [-0.15, -0.1) is 0 Å². The molecule has 1 aliphatic heterocycles. The van der Waals surface area contributed by atoms with E-state index in [1.807, 2.05) is 0 Å². The molecule has 114 valence electrons. The van der Waals surface area contributed by atoms with Gasteiger partial charge in [0.05, 0.1) is 20.1 Å². The Balaban J connectivity index is 2.76. The molecule has 2 amide bonds. The van der Waals surface area contributed by atoms with Gasteiger partial charge in [-0.3, -0.25) is 9.59 Å². The van der Waals surface area contributed by atoms with Gasteiger partial charge in [-0.1, -0.05) is 13.8 Å². The standard InChI is InChI=1S/C13H22N2O5/c1-8(2)11(16)14-10-5-9(12(17)19-3)6-15(7-10)13(18)20-4/h8-10H,5-7H2,1-4H3,(H,14,16). The van der Waals surface area contributed by atoms with Crippen molar-refractivity contribution in [3.63, 3.8) is 0 Å². The summed E-state index contributed by atoms with van der Waals surface area (Å²) in [5, 5.41) is 2.84. The van der Waals surface area contributed by atoms with Crippen molar-refractivity contribution in [3.05, 3.63) is 0 Å². The zero-order valence-electron chi connectivity index (χ0n) is 12.3. The zero-order chi connectivity index (χ0) is 15.3. The number of ether oxygens (including phenoxy) is 2. The number of carbonyl (C=O) groups excluding carboxylic acids is 3. The number of amides is 2. The van der Waals surface area contributed by atoms with Crippen molar-refractivity contribution >= 4 is 18.0 Å². The van der Waals surface area contributed by atoms with E-state index in [0.717, 1.165) is 0 Å². The first kappa shape index (κ1) is 16.3. The molecule has 0 spiro atoms. The molecule has 0 aromatic carbocycles. The molecular formula is C13H22N2O5. The number of likely N-dealkylation sites (tertiary alicyclic amines) is 1. The second kappa shape index (κ2) is 7.12. The maximum absolute atomic E-state index is 11.7. The Bertz CT molecular complexity index is 359. The maximum Gasteiger partial charge on any atom is 0.409 e. The highest BCUT2D eigenvalue weighted by Crippen LogP contribution is 2.19. The number of nitrogens with zero attached hydrogens (tertiary/aromatic N) is 1. The van der Waals surface area contributed by atoms with Crippen molar-refractivity contribution in [2.75, 3.05) is 27.3 Å². The van der Waals surface area contributed by atoms with E-state index in [4.69, 9.17) is 4.74 Å². The number of hydrogen-bond donors (Lipinski definition) is 1. The van der Waals surface area contributed by atoms with Gasteiger partial charge in [-0.05, 0) is 6.42 Å². The van der Waals surface area contributed by atoms with Crippen molar-refractivity contribution in [2.45, 2.75) is 26.3 Å². The van der Waals surface area contributed by atoms with Gasteiger partial charge in [0.1, 0.15) is 0 Å². The van der Waals surface area contributed by atoms with Crippen LogP contribution in [0.3, 0.4) is 0 Å². The Morgan fingerprint density at radius 1 is 1.15 bits per heavy atom. The fraction of sp³-hybridized carbons (Fsp3) is 0.769. The molecule has 2 unspecified atom stereocenters. The average Bonchev–Trinajstić information content (AvgIpc) is 2.44. The van der Waals surface area contributed by atoms with E-state index < -0.39 is 12.0 Å². The van der Waals surface area contributed by atoms with E-state index in [1.165, 1.54) is 19.1 Å². The molecule has 0 aromatic rings. The Labute approximate surface area is 118 Å². The fourth-order valence-corrected chi connectivity index (χ4v) is 2.19. The zero-order valence-corrected chi connectivity index (χ0v) is 12.3. The van der Waals surface area contributed by atoms with E-state index in [0.29, 0.717) is 13.0 Å². The molecule has 0 aliphatic carbocycles. The topological polar surface area (TPSA) is 84.9 Å². The molecular weight excluding hydrogens is 264 g/mol. The average molecular weight is 286 g/mol. The molecule has 0 radical (unpaired) electrons. The van der Waals surface area contributed by atoms with Crippen molar-refractivity contribution in [1.82, 2.24) is 10.2 Å². The minimum atomic E-state index is -0.512. The Hall–Kier alpha value is -1.79. The number of carbonyl (C=O) groups is 3. The van der Waals surface area contributed by atoms with E-state index in [-0.39, 0.29) is 30.4 Å². The van der Waals surface area contributed by atoms with E-state index in [2.05, 4.69) is 10.1 Å². The molecule has 2 atom stereocenters. The van der Waals surface area contributed by atoms with Gasteiger partial charge in [-0.2, -0.15) is 0 Å². The van der Waals surface area contributed by atoms with Crippen molar-refractivity contribution in [1.29, 1.82) is 0 Å². The number of rotatable bonds is 3. The molecule has 7 nitrogen and oxygen atoms in total. The van der Waals surface area contributed by atoms with Crippen LogP contribution in [0.1, 0.15) is 20.3 Å². The maximum atomic E-state index is 11.7. The Kier molecular flexibility index (Phi) is 5.79. The summed E-state index contributed by atoms with van der Waals surface area (Å²) in [6.45, 7) is 4.15. The van der Waals surface area contributed by atoms with E-state index in [1.54, 1.807) is 13.8 Å². The summed E-state index contributed by atoms with van der Waals surface area (Å²) in [5.74, 6) is -1.10. The van der Waals surface area contributed by atoms with E-state index in [9.17, 15) is 14.4 Å². The van der Waals surface area contributed by atoms with Crippen LogP contribution < -0.4 is 5.32 Å². The molecule has 7 heteroatoms. The van der Waals surface area contributed by atoms with Crippen molar-refractivity contribution in [2.24, 2.45) is 11.8 Å². The number of nitrogens with one attached hydrogen (secondary N) is 1. The highest BCUT2D eigenvalue weighted by molar-refractivity contribution is 5.79. The molecule has 0 bridgehead atoms. The lowest BCUT2D eigenvalue weighted by molar-refractivity contribution is -0.147. The molecule has 1 aliphatic rings. The summed E-state index contributed by atoms with van der Waals surface area (Å²) in [6.07, 6.45) is -0.0547. The lowest BCUT2D eigenvalue weighted by Crippen LogP contribution is -2.54. The molecule has 20 heavy (non-hydrogen) atoms. The predicted molar refractivity (Wildman–Crippen MR) is 70.9 cm³/mol. The smallest absolute Gasteiger partial charge is 0.409 e. The van der Waals surface area contributed by atoms with Crippen LogP contribution in [0.25, 0.3) is 0 Å². The monoisotopic (exact) mass is 286 g/mol. The van der Waals surface area contributed by atoms with Crippen molar-refractivity contribution in [3.8, 4) is 0 Å². The summed E-state index contributed by atoms with van der Waals surface area (Å²) in [5.41, 5.74) is 0. The largest absolute Gasteiger partial charge is 0.469 e. The molecule has 0 saturated carbocycles. The predicted octanol–water partition coefficient (Wildman–Crippen LogP) is 0.389. The molecule has 1 heterocycles. The summed E-state index contributed by atoms with van der Waals surface area (Å²) in [4.78, 5) is 36.5. The number of hydrogen-bond acceptors (Lipinski definition) is 5. The van der Waals surface area contributed by atoms with E-state index >= 15 is 0 Å². The summed E-state index contributed by atoms with van der Waals surface area (Å²) >= 11 is 0. The second-order valence-electron chi connectivity index (χ2n) is 5.19. The number of esters is 1. The van der Waals surface area contributed by atoms with Crippen LogP contribution in [0.2, 0.25) is 0 Å². The Morgan fingerprint density at radius 3 is 2.30 bits per heavy atom. The van der Waals surface area contributed by atoms with Gasteiger partial charge < -0.3 is 19.7 Å². The molecule has 0 aromatic heterocycles. The molecule has 1 saturated heterocycles. The second-order valence-corrected chi connectivity index (χ2v) is 5.19. The molecule has 1 N–H and O–H groups in total. The fourth-order valence-electron chi connectivity index (χ4n) is 2.19. The lowest BCUT2D eigenvalue weighted by Gasteiger charge is -2.36. The van der Waals surface area contributed by atoms with Gasteiger partial charge in [0, 0.05) is 25.0 Å². The van der Waals surface area contributed by atoms with Crippen LogP contribution in [-0.4, -0.2) is 56.2 Å². The van der Waals surface area contributed by atoms with Crippen LogP contribution >= 0.6 is 0 Å². The van der Waals surface area contributed by atoms with Crippen LogP contribution in [0.15, 0.2) is 0 Å². The first-order valence-electron chi connectivity index (χ1n) is 6.60. The van der Waals surface area contributed by atoms with Crippen LogP contribution in [0.4, 0.5) is 4.79 Å². The quantitative estimate of drug-likeness (QED) is 0.759. The first-order chi connectivity index (χ1) is 9.38. The number of methoxy groups -OCH3 is 2. The third-order valence-electron chi connectivity index (χ3n) is 3.29. The van der Waals surface area contributed by atoms with Crippen LogP contribution in [-0.2, 0) is 19.1 Å². The normalized spacial score (nSPS) is 22.4. The summed E-state index contributed by atoms with van der Waals surface area (Å²) in [6, 6.07) is -0.276. The van der Waals surface area contributed by atoms with Gasteiger partial charge in [0.2, 0.25) is 5.91 Å². The van der Waals surface area contributed by atoms with Crippen molar-refractivity contribution < 1.29 is 23.9 Å². The molecule has 1 rings (SSSR count). The first-order valence-corrected chi connectivity index (χ1v) is 6.60. The minimum Gasteiger partial charge on any atom is -0.469 e. The highest BCUT2D eigenvalue weighted by Gasteiger charge is 2.35. The van der Waals surface area contributed by atoms with Gasteiger partial charge in [0.25, 0.3) is 0 Å². The van der Waals surface area contributed by atoms with Gasteiger partial charge in [-0.25, -0.2) is 4.79 Å². The van der Waals surface area contributed by atoms with Gasteiger partial charge >= 0.3 is 12.1 Å². The lowest BCUT2D eigenvalue weighted by atomic mass is 9.94. The molecule has 1 fully saturated rings. The Morgan fingerprint density at radius 2 is 1.80 bits per heavy atom. The minimum absolute atomic E-state index is 0.106. The summed E-state index contributed by atoms with van der Waals surface area (Å²) in [7, 11) is 2.59. The number of piperidine rings is 1. The van der Waals surface area contributed by atoms with Crippen LogP contribution in [0.5, 0.6) is 0 Å².